The number of nitrogens with zero attached hydrogens (tertiary/aromatic N) is 2. The van der Waals surface area contributed by atoms with E-state index in [4.69, 9.17) is 4.74 Å². The number of carbonyl (C=O) groups excluding carboxylic acids is 1. The molecular weight excluding hydrogens is 499 g/mol. The number of halogens is 3. The smallest absolute Gasteiger partial charge is 0.416 e. The Bertz CT molecular complexity index is 1370. The van der Waals surface area contributed by atoms with Crippen molar-refractivity contribution >= 4 is 27.8 Å². The van der Waals surface area contributed by atoms with Gasteiger partial charge in [0.15, 0.2) is 11.5 Å². The summed E-state index contributed by atoms with van der Waals surface area (Å²) in [7, 11) is -3.05. The summed E-state index contributed by atoms with van der Waals surface area (Å²) >= 11 is 0. The number of rotatable bonds is 8. The normalized spacial score (nSPS) is 11.9. The van der Waals surface area contributed by atoms with Crippen molar-refractivity contribution in [3.63, 3.8) is 0 Å². The fourth-order valence-corrected chi connectivity index (χ4v) is 4.52. The lowest BCUT2D eigenvalue weighted by Gasteiger charge is -2.24. The van der Waals surface area contributed by atoms with Gasteiger partial charge in [0.2, 0.25) is 0 Å². The zero-order valence-corrected chi connectivity index (χ0v) is 20.0. The number of phenolic OH excluding ortho intramolecular Hbond substituents is 1. The summed E-state index contributed by atoms with van der Waals surface area (Å²) < 4.78 is 72.0. The van der Waals surface area contributed by atoms with Crippen LogP contribution in [0.1, 0.15) is 16.7 Å². The second kappa shape index (κ2) is 10.7. The van der Waals surface area contributed by atoms with Gasteiger partial charge in [0.05, 0.1) is 29.5 Å². The molecule has 0 saturated carbocycles. The van der Waals surface area contributed by atoms with Gasteiger partial charge in [0.25, 0.3) is 15.9 Å². The van der Waals surface area contributed by atoms with Crippen LogP contribution in [0, 0.1) is 6.92 Å². The number of aromatic hydroxyl groups is 1. The van der Waals surface area contributed by atoms with Crippen molar-refractivity contribution < 1.29 is 36.2 Å². The number of benzene rings is 3. The summed E-state index contributed by atoms with van der Waals surface area (Å²) in [6.45, 7) is 0.907. The summed E-state index contributed by atoms with van der Waals surface area (Å²) in [5, 5.41) is 13.4. The van der Waals surface area contributed by atoms with Crippen molar-refractivity contribution in [1.82, 2.24) is 5.43 Å². The van der Waals surface area contributed by atoms with Crippen LogP contribution in [0.15, 0.2) is 76.7 Å². The first-order chi connectivity index (χ1) is 16.9. The van der Waals surface area contributed by atoms with E-state index in [2.05, 4.69) is 10.5 Å². The first-order valence-corrected chi connectivity index (χ1v) is 11.8. The van der Waals surface area contributed by atoms with Gasteiger partial charge in [-0.05, 0) is 61.0 Å². The SMILES string of the molecule is COc1cc(/C=N\NC(=O)CN(c2cccc(C(F)(F)F)c2)S(=O)(=O)c2ccc(C)cc2)ccc1O. The summed E-state index contributed by atoms with van der Waals surface area (Å²) in [6.07, 6.45) is -3.49. The van der Waals surface area contributed by atoms with E-state index in [1.165, 1.54) is 61.9 Å². The van der Waals surface area contributed by atoms with Crippen LogP contribution in [0.3, 0.4) is 0 Å². The zero-order chi connectivity index (χ0) is 26.5. The molecule has 0 aliphatic carbocycles. The van der Waals surface area contributed by atoms with Crippen molar-refractivity contribution in [2.45, 2.75) is 18.0 Å². The van der Waals surface area contributed by atoms with E-state index in [9.17, 15) is 31.5 Å². The number of hydrogen-bond donors (Lipinski definition) is 2. The monoisotopic (exact) mass is 521 g/mol. The van der Waals surface area contributed by atoms with Crippen molar-refractivity contribution in [3.05, 3.63) is 83.4 Å². The molecule has 190 valence electrons. The third-order valence-electron chi connectivity index (χ3n) is 4.96. The third kappa shape index (κ3) is 6.33. The standard InChI is InChI=1S/C24H22F3N3O5S/c1-16-6-9-20(10-7-16)36(33,34)30(19-5-3-4-18(13-19)24(25,26)27)15-23(32)29-28-14-17-8-11-21(31)22(12-17)35-2/h3-14,31H,15H2,1-2H3,(H,29,32)/b28-14-. The van der Waals surface area contributed by atoms with Crippen LogP contribution in [0.5, 0.6) is 11.5 Å². The van der Waals surface area contributed by atoms with E-state index in [0.29, 0.717) is 15.9 Å². The average molecular weight is 522 g/mol. The highest BCUT2D eigenvalue weighted by atomic mass is 32.2. The zero-order valence-electron chi connectivity index (χ0n) is 19.2. The lowest BCUT2D eigenvalue weighted by molar-refractivity contribution is -0.137. The predicted molar refractivity (Wildman–Crippen MR) is 128 cm³/mol. The predicted octanol–water partition coefficient (Wildman–Crippen LogP) is 4.07. The van der Waals surface area contributed by atoms with Crippen LogP contribution in [0.25, 0.3) is 0 Å². The maximum Gasteiger partial charge on any atom is 0.416 e. The average Bonchev–Trinajstić information content (AvgIpc) is 2.83. The number of anilines is 1. The maximum atomic E-state index is 13.3. The number of carbonyl (C=O) groups is 1. The van der Waals surface area contributed by atoms with E-state index in [1.807, 2.05) is 0 Å². The highest BCUT2D eigenvalue weighted by Crippen LogP contribution is 2.33. The van der Waals surface area contributed by atoms with Crippen molar-refractivity contribution in [2.24, 2.45) is 5.10 Å². The molecule has 36 heavy (non-hydrogen) atoms. The molecule has 3 aromatic carbocycles. The second-order valence-electron chi connectivity index (χ2n) is 7.60. The van der Waals surface area contributed by atoms with Crippen LogP contribution in [0.2, 0.25) is 0 Å². The van der Waals surface area contributed by atoms with Crippen molar-refractivity contribution in [2.75, 3.05) is 18.0 Å². The van der Waals surface area contributed by atoms with Gasteiger partial charge in [-0.25, -0.2) is 13.8 Å². The van der Waals surface area contributed by atoms with Gasteiger partial charge in [0.1, 0.15) is 6.54 Å². The summed E-state index contributed by atoms with van der Waals surface area (Å²) in [5.41, 5.74) is 1.98. The van der Waals surface area contributed by atoms with Crippen molar-refractivity contribution in [1.29, 1.82) is 0 Å². The molecule has 0 bridgehead atoms. The Morgan fingerprint density at radius 2 is 1.81 bits per heavy atom. The minimum atomic E-state index is -4.72. The highest BCUT2D eigenvalue weighted by molar-refractivity contribution is 7.92. The number of hydrogen-bond acceptors (Lipinski definition) is 6. The number of amides is 1. The Hall–Kier alpha value is -4.06. The molecule has 0 fully saturated rings. The number of alkyl halides is 3. The van der Waals surface area contributed by atoms with Crippen molar-refractivity contribution in [3.8, 4) is 11.5 Å². The van der Waals surface area contributed by atoms with Crippen LogP contribution in [-0.4, -0.2) is 39.3 Å². The lowest BCUT2D eigenvalue weighted by Crippen LogP contribution is -2.39. The largest absolute Gasteiger partial charge is 0.504 e. The number of aryl methyl sites for hydroxylation is 1. The number of ether oxygens (including phenoxy) is 1. The molecule has 3 rings (SSSR count). The van der Waals surface area contributed by atoms with Crippen LogP contribution in [-0.2, 0) is 21.0 Å². The lowest BCUT2D eigenvalue weighted by atomic mass is 10.2. The molecule has 8 nitrogen and oxygen atoms in total. The molecule has 2 N–H and O–H groups in total. The Morgan fingerprint density at radius 3 is 2.44 bits per heavy atom. The molecule has 0 atom stereocenters. The molecule has 0 saturated heterocycles. The molecule has 1 amide bonds. The molecule has 0 heterocycles. The topological polar surface area (TPSA) is 108 Å². The number of sulfonamides is 1. The fourth-order valence-electron chi connectivity index (χ4n) is 3.11. The van der Waals surface area contributed by atoms with Crippen LogP contribution in [0.4, 0.5) is 18.9 Å². The molecule has 0 spiro atoms. The van der Waals surface area contributed by atoms with E-state index in [0.717, 1.165) is 17.7 Å². The van der Waals surface area contributed by atoms with E-state index >= 15 is 0 Å². The number of methoxy groups -OCH3 is 1. The number of nitrogens with one attached hydrogen (secondary N) is 1. The summed E-state index contributed by atoms with van der Waals surface area (Å²) in [6, 6.07) is 13.7. The first-order valence-electron chi connectivity index (χ1n) is 10.4. The van der Waals surface area contributed by atoms with Gasteiger partial charge in [-0.1, -0.05) is 23.8 Å². The summed E-state index contributed by atoms with van der Waals surface area (Å²) in [4.78, 5) is 12.4. The van der Waals surface area contributed by atoms with Gasteiger partial charge in [-0.2, -0.15) is 18.3 Å². The maximum absolute atomic E-state index is 13.3. The van der Waals surface area contributed by atoms with Gasteiger partial charge in [-0.15, -0.1) is 0 Å². The molecular formula is C24H22F3N3O5S. The number of phenols is 1. The van der Waals surface area contributed by atoms with Crippen LogP contribution < -0.4 is 14.5 Å². The second-order valence-corrected chi connectivity index (χ2v) is 9.46. The Morgan fingerprint density at radius 1 is 1.11 bits per heavy atom. The van der Waals surface area contributed by atoms with E-state index < -0.39 is 34.2 Å². The van der Waals surface area contributed by atoms with Crippen LogP contribution >= 0.6 is 0 Å². The fraction of sp³-hybridized carbons (Fsp3) is 0.167. The molecule has 0 aromatic heterocycles. The minimum absolute atomic E-state index is 0.100. The Kier molecular flexibility index (Phi) is 7.88. The molecule has 0 radical (unpaired) electrons. The van der Waals surface area contributed by atoms with E-state index in [-0.39, 0.29) is 22.1 Å². The molecule has 0 aliphatic heterocycles. The van der Waals surface area contributed by atoms with Gasteiger partial charge < -0.3 is 9.84 Å². The highest BCUT2D eigenvalue weighted by Gasteiger charge is 2.33. The number of hydrazone groups is 1. The van der Waals surface area contributed by atoms with E-state index in [1.54, 1.807) is 6.92 Å². The molecule has 0 aliphatic rings. The van der Waals surface area contributed by atoms with Gasteiger partial charge in [-0.3, -0.25) is 9.10 Å². The molecule has 12 heteroatoms. The Labute approximate surface area is 205 Å². The van der Waals surface area contributed by atoms with Gasteiger partial charge >= 0.3 is 6.18 Å². The van der Waals surface area contributed by atoms with Gasteiger partial charge in [0, 0.05) is 0 Å². The quantitative estimate of drug-likeness (QED) is 0.343. The third-order valence-corrected chi connectivity index (χ3v) is 6.75. The molecule has 0 unspecified atom stereocenters. The minimum Gasteiger partial charge on any atom is -0.504 e. The molecule has 3 aromatic rings. The first kappa shape index (κ1) is 26.5. The Balaban J connectivity index is 1.90. The summed E-state index contributed by atoms with van der Waals surface area (Å²) in [5.74, 6) is -0.827.